The third-order valence-corrected chi connectivity index (χ3v) is 5.40. The summed E-state index contributed by atoms with van der Waals surface area (Å²) in [5.74, 6) is 0.229. The third-order valence-electron chi connectivity index (χ3n) is 3.61. The summed E-state index contributed by atoms with van der Waals surface area (Å²) in [6.45, 7) is 3.32. The second kappa shape index (κ2) is 6.30. The van der Waals surface area contributed by atoms with E-state index in [1.807, 2.05) is 13.0 Å². The average Bonchev–Trinajstić information content (AvgIpc) is 2.43. The Morgan fingerprint density at radius 3 is 2.90 bits per heavy atom. The number of piperidine rings is 1. The lowest BCUT2D eigenvalue weighted by Gasteiger charge is -2.31. The molecular weight excluding hydrogens is 298 g/mol. The van der Waals surface area contributed by atoms with Crippen LogP contribution in [0.25, 0.3) is 0 Å². The van der Waals surface area contributed by atoms with Gasteiger partial charge in [-0.1, -0.05) is 23.7 Å². The molecule has 0 aliphatic carbocycles. The Kier molecular flexibility index (Phi) is 4.90. The van der Waals surface area contributed by atoms with Gasteiger partial charge in [0.15, 0.2) is 0 Å². The van der Waals surface area contributed by atoms with E-state index in [0.29, 0.717) is 30.3 Å². The molecule has 7 heteroatoms. The van der Waals surface area contributed by atoms with E-state index in [0.717, 1.165) is 18.4 Å². The first-order chi connectivity index (χ1) is 9.44. The first-order valence-electron chi connectivity index (χ1n) is 6.67. The molecule has 0 bridgehead atoms. The molecule has 1 aromatic rings. The summed E-state index contributed by atoms with van der Waals surface area (Å²) in [6.07, 6.45) is 1.82. The molecule has 1 atom stereocenters. The molecule has 0 radical (unpaired) electrons. The zero-order valence-electron chi connectivity index (χ0n) is 11.5. The average molecular weight is 318 g/mol. The van der Waals surface area contributed by atoms with E-state index in [-0.39, 0.29) is 5.92 Å². The predicted octanol–water partition coefficient (Wildman–Crippen LogP) is 1.98. The summed E-state index contributed by atoms with van der Waals surface area (Å²) in [6, 6.07) is 5.29. The van der Waals surface area contributed by atoms with Crippen LogP contribution in [0.1, 0.15) is 18.4 Å². The maximum absolute atomic E-state index is 12.4. The van der Waals surface area contributed by atoms with Gasteiger partial charge in [0.1, 0.15) is 0 Å². The number of anilines is 1. The van der Waals surface area contributed by atoms with Gasteiger partial charge < -0.3 is 5.73 Å². The predicted molar refractivity (Wildman–Crippen MR) is 82.1 cm³/mol. The molecule has 0 aromatic heterocycles. The maximum Gasteiger partial charge on any atom is 0.301 e. The van der Waals surface area contributed by atoms with Crippen molar-refractivity contribution in [3.05, 3.63) is 28.8 Å². The Balaban J connectivity index is 2.19. The van der Waals surface area contributed by atoms with E-state index in [2.05, 4.69) is 4.72 Å². The minimum absolute atomic E-state index is 0.229. The largest absolute Gasteiger partial charge is 0.330 e. The lowest BCUT2D eigenvalue weighted by molar-refractivity contribution is 0.273. The van der Waals surface area contributed by atoms with Crippen molar-refractivity contribution in [2.75, 3.05) is 24.4 Å². The van der Waals surface area contributed by atoms with Crippen LogP contribution in [0.15, 0.2) is 18.2 Å². The summed E-state index contributed by atoms with van der Waals surface area (Å²) in [5.41, 5.74) is 6.89. The number of rotatable bonds is 4. The second-order valence-electron chi connectivity index (χ2n) is 5.14. The van der Waals surface area contributed by atoms with Gasteiger partial charge in [0.05, 0.1) is 10.7 Å². The van der Waals surface area contributed by atoms with Crippen LogP contribution in [0.3, 0.4) is 0 Å². The van der Waals surface area contributed by atoms with Gasteiger partial charge in [-0.2, -0.15) is 12.7 Å². The number of hydrogen-bond donors (Lipinski definition) is 2. The zero-order valence-corrected chi connectivity index (χ0v) is 13.0. The van der Waals surface area contributed by atoms with Crippen molar-refractivity contribution in [2.24, 2.45) is 11.7 Å². The van der Waals surface area contributed by atoms with E-state index >= 15 is 0 Å². The maximum atomic E-state index is 12.4. The lowest BCUT2D eigenvalue weighted by Crippen LogP contribution is -2.44. The number of nitrogens with two attached hydrogens (primary N) is 1. The molecule has 5 nitrogen and oxygen atoms in total. The van der Waals surface area contributed by atoms with E-state index in [9.17, 15) is 8.42 Å². The summed E-state index contributed by atoms with van der Waals surface area (Å²) in [5, 5.41) is 0.404. The fourth-order valence-electron chi connectivity index (χ4n) is 2.39. The minimum atomic E-state index is -3.58. The Morgan fingerprint density at radius 2 is 2.25 bits per heavy atom. The molecule has 1 fully saturated rings. The summed E-state index contributed by atoms with van der Waals surface area (Å²) in [4.78, 5) is 0. The van der Waals surface area contributed by atoms with Crippen LogP contribution in [0.4, 0.5) is 5.69 Å². The van der Waals surface area contributed by atoms with E-state index in [1.54, 1.807) is 12.1 Å². The molecule has 1 unspecified atom stereocenters. The smallest absolute Gasteiger partial charge is 0.301 e. The zero-order chi connectivity index (χ0) is 14.8. The number of para-hydroxylation sites is 1. The van der Waals surface area contributed by atoms with Gasteiger partial charge in [-0.25, -0.2) is 0 Å². The highest BCUT2D eigenvalue weighted by Gasteiger charge is 2.28. The van der Waals surface area contributed by atoms with Gasteiger partial charge >= 0.3 is 10.2 Å². The van der Waals surface area contributed by atoms with Crippen LogP contribution >= 0.6 is 11.6 Å². The Hall–Kier alpha value is -0.820. The lowest BCUT2D eigenvalue weighted by atomic mass is 10.0. The van der Waals surface area contributed by atoms with Crippen molar-refractivity contribution >= 4 is 27.5 Å². The molecule has 3 N–H and O–H groups in total. The van der Waals surface area contributed by atoms with Crippen LogP contribution in [-0.4, -0.2) is 32.4 Å². The number of halogens is 1. The van der Waals surface area contributed by atoms with Crippen molar-refractivity contribution < 1.29 is 8.42 Å². The summed E-state index contributed by atoms with van der Waals surface area (Å²) < 4.78 is 28.9. The van der Waals surface area contributed by atoms with Crippen LogP contribution in [0.5, 0.6) is 0 Å². The van der Waals surface area contributed by atoms with Crippen molar-refractivity contribution in [1.82, 2.24) is 4.31 Å². The molecule has 0 saturated carbocycles. The van der Waals surface area contributed by atoms with Crippen LogP contribution in [-0.2, 0) is 10.2 Å². The molecule has 0 spiro atoms. The molecule has 1 aromatic carbocycles. The molecule has 1 aliphatic heterocycles. The topological polar surface area (TPSA) is 75.4 Å². The highest BCUT2D eigenvalue weighted by atomic mass is 35.5. The van der Waals surface area contributed by atoms with E-state index < -0.39 is 10.2 Å². The molecule has 112 valence electrons. The van der Waals surface area contributed by atoms with Crippen molar-refractivity contribution in [1.29, 1.82) is 0 Å². The van der Waals surface area contributed by atoms with E-state index in [1.165, 1.54) is 4.31 Å². The van der Waals surface area contributed by atoms with Crippen molar-refractivity contribution in [3.63, 3.8) is 0 Å². The Labute approximate surface area is 125 Å². The summed E-state index contributed by atoms with van der Waals surface area (Å²) in [7, 11) is -3.58. The standard InChI is InChI=1S/C13H20ClN3O2S/c1-10-4-2-6-12(14)13(10)16-20(18,19)17-7-3-5-11(8-15)9-17/h2,4,6,11,16H,3,5,7-9,15H2,1H3. The fourth-order valence-corrected chi connectivity index (χ4v) is 4.15. The SMILES string of the molecule is Cc1cccc(Cl)c1NS(=O)(=O)N1CCCC(CN)C1. The summed E-state index contributed by atoms with van der Waals surface area (Å²) >= 11 is 6.06. The fraction of sp³-hybridized carbons (Fsp3) is 0.538. The molecular formula is C13H20ClN3O2S. The number of aryl methyl sites for hydroxylation is 1. The number of hydrogen-bond acceptors (Lipinski definition) is 3. The highest BCUT2D eigenvalue weighted by Crippen LogP contribution is 2.28. The minimum Gasteiger partial charge on any atom is -0.330 e. The molecule has 2 rings (SSSR count). The van der Waals surface area contributed by atoms with Crippen molar-refractivity contribution in [2.45, 2.75) is 19.8 Å². The van der Waals surface area contributed by atoms with E-state index in [4.69, 9.17) is 17.3 Å². The van der Waals surface area contributed by atoms with Crippen molar-refractivity contribution in [3.8, 4) is 0 Å². The van der Waals surface area contributed by atoms with Gasteiger partial charge in [0.25, 0.3) is 0 Å². The molecule has 20 heavy (non-hydrogen) atoms. The third kappa shape index (κ3) is 3.44. The quantitative estimate of drug-likeness (QED) is 0.891. The normalized spacial score (nSPS) is 20.9. The molecule has 1 heterocycles. The van der Waals surface area contributed by atoms with Gasteiger partial charge in [0, 0.05) is 13.1 Å². The van der Waals surface area contributed by atoms with Gasteiger partial charge in [0.2, 0.25) is 0 Å². The molecule has 1 aliphatic rings. The Morgan fingerprint density at radius 1 is 1.50 bits per heavy atom. The van der Waals surface area contributed by atoms with Gasteiger partial charge in [-0.05, 0) is 43.9 Å². The van der Waals surface area contributed by atoms with Crippen LogP contribution < -0.4 is 10.5 Å². The number of nitrogens with zero attached hydrogens (tertiary/aromatic N) is 1. The molecule has 0 amide bonds. The molecule has 1 saturated heterocycles. The van der Waals surface area contributed by atoms with Crippen LogP contribution in [0.2, 0.25) is 5.02 Å². The second-order valence-corrected chi connectivity index (χ2v) is 7.22. The monoisotopic (exact) mass is 317 g/mol. The highest BCUT2D eigenvalue weighted by molar-refractivity contribution is 7.90. The number of benzene rings is 1. The number of nitrogens with one attached hydrogen (secondary N) is 1. The first-order valence-corrected chi connectivity index (χ1v) is 8.49. The first kappa shape index (κ1) is 15.6. The van der Waals surface area contributed by atoms with Gasteiger partial charge in [-0.15, -0.1) is 0 Å². The Bertz CT molecular complexity index is 557. The van der Waals surface area contributed by atoms with Gasteiger partial charge in [-0.3, -0.25) is 4.72 Å². The van der Waals surface area contributed by atoms with Crippen LogP contribution in [0, 0.1) is 12.8 Å².